The van der Waals surface area contributed by atoms with Gasteiger partial charge in [0.05, 0.1) is 37.9 Å². The Hall–Kier alpha value is -2.30. The lowest BCUT2D eigenvalue weighted by atomic mass is 9.34. The molecule has 1 saturated heterocycles. The van der Waals surface area contributed by atoms with E-state index in [9.17, 15) is 14.7 Å². The zero-order valence-electron chi connectivity index (χ0n) is 34.2. The molecule has 6 rings (SSSR count). The number of aromatic nitrogens is 3. The zero-order valence-corrected chi connectivity index (χ0v) is 34.2. The second-order valence-corrected chi connectivity index (χ2v) is 20.2. The fraction of sp³-hybridized carbons (Fsp3) is 0.857. The van der Waals surface area contributed by atoms with Gasteiger partial charge >= 0.3 is 5.97 Å². The molecule has 52 heavy (non-hydrogen) atoms. The molecule has 0 spiro atoms. The lowest BCUT2D eigenvalue weighted by Gasteiger charge is -2.71. The zero-order chi connectivity index (χ0) is 38.4. The molecular formula is C42H69N5O5. The maximum absolute atomic E-state index is 13.5. The summed E-state index contributed by atoms with van der Waals surface area (Å²) in [4.78, 5) is 31.1. The van der Waals surface area contributed by atoms with Gasteiger partial charge in [-0.2, -0.15) is 0 Å². The van der Waals surface area contributed by atoms with Crippen LogP contribution in [0.3, 0.4) is 0 Å². The van der Waals surface area contributed by atoms with E-state index in [1.54, 1.807) is 6.33 Å². The Balaban J connectivity index is 1.45. The molecule has 1 aromatic heterocycles. The van der Waals surface area contributed by atoms with Gasteiger partial charge in [-0.1, -0.05) is 74.0 Å². The minimum atomic E-state index is -0.643. The van der Waals surface area contributed by atoms with Crippen molar-refractivity contribution in [2.45, 2.75) is 145 Å². The van der Waals surface area contributed by atoms with Crippen LogP contribution in [-0.2, 0) is 14.3 Å². The van der Waals surface area contributed by atoms with E-state index in [2.05, 4.69) is 85.6 Å². The summed E-state index contributed by atoms with van der Waals surface area (Å²) in [5.74, 6) is 0.268. The van der Waals surface area contributed by atoms with Crippen LogP contribution in [0.1, 0.15) is 138 Å². The summed E-state index contributed by atoms with van der Waals surface area (Å²) in [5.41, 5.74) is 6.28. The first kappa shape index (κ1) is 39.4. The Bertz CT molecular complexity index is 1570. The van der Waals surface area contributed by atoms with E-state index >= 15 is 0 Å². The number of amides is 1. The predicted molar refractivity (Wildman–Crippen MR) is 202 cm³/mol. The van der Waals surface area contributed by atoms with Crippen molar-refractivity contribution in [2.75, 3.05) is 19.8 Å². The molecule has 0 aromatic carbocycles. The SMILES string of the molecule is CC(C)NC(=O)c1ncn([C@@H]2CC34COC[C@@](C)([C@@H]3CC[C@H]3C4=CC[C@@]4(C)[C@H](C(=O)O)[C@@](C)([C@H](C)C(C)C)CC[C@]34C)[C@H]2OC[C@](C)(N)C(C)C)n1. The number of hydrogen-bond acceptors (Lipinski definition) is 7. The molecule has 1 amide bonds. The first-order valence-electron chi connectivity index (χ1n) is 20.2. The number of nitrogens with one attached hydrogen (secondary N) is 1. The highest BCUT2D eigenvalue weighted by molar-refractivity contribution is 5.90. The molecule has 10 nitrogen and oxygen atoms in total. The number of aliphatic carboxylic acids is 1. The summed E-state index contributed by atoms with van der Waals surface area (Å²) in [6, 6.07) is -0.231. The Morgan fingerprint density at radius 3 is 2.38 bits per heavy atom. The van der Waals surface area contributed by atoms with Crippen molar-refractivity contribution in [3.63, 3.8) is 0 Å². The fourth-order valence-electron chi connectivity index (χ4n) is 12.4. The van der Waals surface area contributed by atoms with E-state index in [1.807, 2.05) is 18.5 Å². The largest absolute Gasteiger partial charge is 0.481 e. The van der Waals surface area contributed by atoms with E-state index in [1.165, 1.54) is 5.57 Å². The minimum Gasteiger partial charge on any atom is -0.481 e. The van der Waals surface area contributed by atoms with Crippen molar-refractivity contribution in [3.05, 3.63) is 23.8 Å². The van der Waals surface area contributed by atoms with Gasteiger partial charge in [-0.3, -0.25) is 9.59 Å². The molecule has 5 aliphatic rings. The molecule has 1 aliphatic heterocycles. The summed E-state index contributed by atoms with van der Waals surface area (Å²) in [5, 5.41) is 18.9. The van der Waals surface area contributed by atoms with Gasteiger partial charge in [-0.05, 0) is 105 Å². The van der Waals surface area contributed by atoms with Crippen molar-refractivity contribution in [2.24, 2.45) is 68.3 Å². The summed E-state index contributed by atoms with van der Waals surface area (Å²) >= 11 is 0. The van der Waals surface area contributed by atoms with Gasteiger partial charge in [0.1, 0.15) is 6.33 Å². The molecule has 1 aromatic rings. The standard InChI is InChI=1S/C42H69N5O5/c1-24(2)27(7)37(8)17-18-39(10)28-13-14-31-38(9)20-51-22-42(31,29(28)15-16-40(39,11)32(37)36(49)50)19-30(33(38)52-21-41(12,43)25(3)4)47-23-44-34(46-47)35(48)45-26(5)6/h15,23-28,30-33H,13-14,16-22,43H2,1-12H3,(H,45,48)(H,49,50)/t27-,28+,30-,31+,32-,33+,37-,38+,39-,40+,41+,42?/m1/s1. The number of carboxylic acid groups (broad SMARTS) is 1. The summed E-state index contributed by atoms with van der Waals surface area (Å²) in [6.07, 6.45) is 9.40. The summed E-state index contributed by atoms with van der Waals surface area (Å²) in [6.45, 7) is 27.9. The highest BCUT2D eigenvalue weighted by Crippen LogP contribution is 2.75. The van der Waals surface area contributed by atoms with Gasteiger partial charge in [0.15, 0.2) is 0 Å². The number of carbonyl (C=O) groups is 2. The molecule has 2 bridgehead atoms. The van der Waals surface area contributed by atoms with Gasteiger partial charge < -0.3 is 25.6 Å². The van der Waals surface area contributed by atoms with E-state index in [-0.39, 0.29) is 63.4 Å². The van der Waals surface area contributed by atoms with E-state index in [0.717, 1.165) is 38.5 Å². The number of nitrogens with two attached hydrogens (primary N) is 1. The van der Waals surface area contributed by atoms with Crippen LogP contribution in [0.2, 0.25) is 0 Å². The van der Waals surface area contributed by atoms with Crippen LogP contribution in [-0.4, -0.2) is 69.3 Å². The first-order chi connectivity index (χ1) is 24.1. The third kappa shape index (κ3) is 5.73. The number of carbonyl (C=O) groups excluding carboxylic acids is 1. The normalized spacial score (nSPS) is 41.8. The Morgan fingerprint density at radius 1 is 1.08 bits per heavy atom. The third-order valence-corrected chi connectivity index (χ3v) is 16.5. The van der Waals surface area contributed by atoms with Crippen molar-refractivity contribution in [1.82, 2.24) is 20.1 Å². The summed E-state index contributed by atoms with van der Waals surface area (Å²) in [7, 11) is 0. The molecule has 4 N–H and O–H groups in total. The molecule has 4 aliphatic carbocycles. The Kier molecular flexibility index (Phi) is 9.98. The van der Waals surface area contributed by atoms with Crippen LogP contribution in [0.5, 0.6) is 0 Å². The van der Waals surface area contributed by atoms with Crippen molar-refractivity contribution < 1.29 is 24.2 Å². The Morgan fingerprint density at radius 2 is 1.77 bits per heavy atom. The van der Waals surface area contributed by atoms with E-state index in [0.29, 0.717) is 37.6 Å². The quantitative estimate of drug-likeness (QED) is 0.214. The maximum Gasteiger partial charge on any atom is 0.307 e. The molecule has 2 heterocycles. The number of ether oxygens (including phenoxy) is 2. The van der Waals surface area contributed by atoms with Crippen LogP contribution >= 0.6 is 0 Å². The molecule has 10 heteroatoms. The number of allylic oxidation sites excluding steroid dienone is 1. The van der Waals surface area contributed by atoms with Gasteiger partial charge in [0, 0.05) is 22.4 Å². The van der Waals surface area contributed by atoms with Gasteiger partial charge in [-0.15, -0.1) is 5.10 Å². The molecular weight excluding hydrogens is 654 g/mol. The average Bonchev–Trinajstić information content (AvgIpc) is 3.54. The second kappa shape index (κ2) is 13.2. The monoisotopic (exact) mass is 724 g/mol. The van der Waals surface area contributed by atoms with Crippen LogP contribution in [0.15, 0.2) is 18.0 Å². The molecule has 4 fully saturated rings. The van der Waals surface area contributed by atoms with Gasteiger partial charge in [0.2, 0.25) is 5.82 Å². The van der Waals surface area contributed by atoms with Gasteiger partial charge in [0.25, 0.3) is 5.91 Å². The second-order valence-electron chi connectivity index (χ2n) is 20.2. The number of rotatable bonds is 10. The topological polar surface area (TPSA) is 142 Å². The van der Waals surface area contributed by atoms with Crippen LogP contribution < -0.4 is 11.1 Å². The number of nitrogens with zero attached hydrogens (tertiary/aromatic N) is 3. The van der Waals surface area contributed by atoms with Crippen LogP contribution in [0, 0.1) is 62.6 Å². The van der Waals surface area contributed by atoms with Crippen LogP contribution in [0.25, 0.3) is 0 Å². The third-order valence-electron chi connectivity index (χ3n) is 16.5. The highest BCUT2D eigenvalue weighted by Gasteiger charge is 2.72. The fourth-order valence-corrected chi connectivity index (χ4v) is 12.4. The molecule has 12 atom stereocenters. The van der Waals surface area contributed by atoms with E-state index in [4.69, 9.17) is 20.3 Å². The molecule has 292 valence electrons. The highest BCUT2D eigenvalue weighted by atomic mass is 16.5. The molecule has 0 radical (unpaired) electrons. The lowest BCUT2D eigenvalue weighted by Crippen LogP contribution is -2.69. The maximum atomic E-state index is 13.5. The number of hydrogen-bond donors (Lipinski definition) is 3. The number of fused-ring (bicyclic) bond motifs is 3. The smallest absolute Gasteiger partial charge is 0.307 e. The number of carboxylic acids is 1. The lowest BCUT2D eigenvalue weighted by molar-refractivity contribution is -0.252. The van der Waals surface area contributed by atoms with Crippen molar-refractivity contribution in [1.29, 1.82) is 0 Å². The summed E-state index contributed by atoms with van der Waals surface area (Å²) < 4.78 is 15.6. The first-order valence-corrected chi connectivity index (χ1v) is 20.2. The molecule has 1 unspecified atom stereocenters. The average molecular weight is 724 g/mol. The minimum absolute atomic E-state index is 0.0324. The Labute approximate surface area is 312 Å². The van der Waals surface area contributed by atoms with Gasteiger partial charge in [-0.25, -0.2) is 9.67 Å². The molecule has 3 saturated carbocycles. The van der Waals surface area contributed by atoms with Crippen molar-refractivity contribution in [3.8, 4) is 0 Å². The van der Waals surface area contributed by atoms with E-state index < -0.39 is 22.8 Å². The van der Waals surface area contributed by atoms with Crippen molar-refractivity contribution >= 4 is 11.9 Å². The van der Waals surface area contributed by atoms with Crippen LogP contribution in [0.4, 0.5) is 0 Å². The predicted octanol–water partition coefficient (Wildman–Crippen LogP) is 7.30.